The molecule has 10 heteroatoms. The number of sulfonamides is 1. The van der Waals surface area contributed by atoms with Crippen molar-refractivity contribution in [2.24, 2.45) is 0 Å². The van der Waals surface area contributed by atoms with Crippen molar-refractivity contribution in [2.45, 2.75) is 57.6 Å². The second kappa shape index (κ2) is 13.2. The first-order valence-corrected chi connectivity index (χ1v) is 14.8. The molecule has 0 spiro atoms. The number of halogens is 2. The molecule has 0 bridgehead atoms. The molecule has 3 rings (SSSR count). The molecule has 0 fully saturated rings. The van der Waals surface area contributed by atoms with Crippen molar-refractivity contribution in [3.05, 3.63) is 94.2 Å². The molecule has 208 valence electrons. The number of hydrogen-bond donors (Lipinski definition) is 1. The maximum Gasteiger partial charge on any atom is 0.264 e. The third kappa shape index (κ3) is 7.89. The van der Waals surface area contributed by atoms with Crippen LogP contribution in [0.5, 0.6) is 0 Å². The fourth-order valence-corrected chi connectivity index (χ4v) is 5.49. The lowest BCUT2D eigenvalue weighted by molar-refractivity contribution is -0.139. The maximum absolute atomic E-state index is 13.9. The molecule has 3 aromatic rings. The molecule has 0 unspecified atom stereocenters. The number of aryl methyl sites for hydroxylation is 1. The highest BCUT2D eigenvalue weighted by Crippen LogP contribution is 2.25. The number of hydrogen-bond acceptors (Lipinski definition) is 4. The van der Waals surface area contributed by atoms with Gasteiger partial charge in [-0.15, -0.1) is 0 Å². The summed E-state index contributed by atoms with van der Waals surface area (Å²) in [5.41, 5.74) is 1.77. The van der Waals surface area contributed by atoms with Crippen LogP contribution in [0.3, 0.4) is 0 Å². The Hall–Kier alpha value is -3.24. The van der Waals surface area contributed by atoms with Crippen LogP contribution in [-0.2, 0) is 26.2 Å². The molecular weight excluding hydrogens is 585 g/mol. The summed E-state index contributed by atoms with van der Waals surface area (Å²) in [6, 6.07) is 17.5. The van der Waals surface area contributed by atoms with Crippen molar-refractivity contribution in [1.82, 2.24) is 10.2 Å². The number of anilines is 1. The van der Waals surface area contributed by atoms with E-state index in [1.54, 1.807) is 19.1 Å². The summed E-state index contributed by atoms with van der Waals surface area (Å²) in [7, 11) is -4.20. The van der Waals surface area contributed by atoms with E-state index in [1.807, 2.05) is 45.0 Å². The normalized spacial score (nSPS) is 12.9. The van der Waals surface area contributed by atoms with E-state index in [9.17, 15) is 22.4 Å². The fourth-order valence-electron chi connectivity index (χ4n) is 3.81. The third-order valence-corrected chi connectivity index (χ3v) is 8.75. The first kappa shape index (κ1) is 30.3. The Labute approximate surface area is 238 Å². The van der Waals surface area contributed by atoms with Crippen LogP contribution in [0.25, 0.3) is 0 Å². The number of nitrogens with one attached hydrogen (secondary N) is 1. The molecule has 0 aliphatic carbocycles. The van der Waals surface area contributed by atoms with Crippen LogP contribution in [0.1, 0.15) is 38.3 Å². The Morgan fingerprint density at radius 1 is 0.949 bits per heavy atom. The summed E-state index contributed by atoms with van der Waals surface area (Å²) >= 11 is 3.40. The second-order valence-electron chi connectivity index (χ2n) is 9.44. The molecule has 0 aromatic heterocycles. The van der Waals surface area contributed by atoms with Crippen LogP contribution in [0.2, 0.25) is 0 Å². The Morgan fingerprint density at radius 2 is 1.54 bits per heavy atom. The topological polar surface area (TPSA) is 86.8 Å². The summed E-state index contributed by atoms with van der Waals surface area (Å²) < 4.78 is 43.0. The lowest BCUT2D eigenvalue weighted by atomic mass is 10.1. The SMILES string of the molecule is CC[C@@H](C)NC(=O)[C@@H](C)N(Cc1ccc(Br)cc1)C(=O)CN(c1ccc(F)cc1)S(=O)(=O)c1ccc(C)cc1. The monoisotopic (exact) mass is 617 g/mol. The predicted molar refractivity (Wildman–Crippen MR) is 154 cm³/mol. The summed E-state index contributed by atoms with van der Waals surface area (Å²) in [4.78, 5) is 28.3. The Morgan fingerprint density at radius 3 is 2.10 bits per heavy atom. The van der Waals surface area contributed by atoms with Crippen molar-refractivity contribution in [3.63, 3.8) is 0 Å². The number of rotatable bonds is 11. The van der Waals surface area contributed by atoms with Gasteiger partial charge in [-0.2, -0.15) is 0 Å². The van der Waals surface area contributed by atoms with Gasteiger partial charge in [0.15, 0.2) is 0 Å². The van der Waals surface area contributed by atoms with Gasteiger partial charge in [0.1, 0.15) is 18.4 Å². The van der Waals surface area contributed by atoms with E-state index in [1.165, 1.54) is 29.2 Å². The highest BCUT2D eigenvalue weighted by Gasteiger charge is 2.32. The molecule has 0 radical (unpaired) electrons. The van der Waals surface area contributed by atoms with Gasteiger partial charge in [0, 0.05) is 17.1 Å². The average Bonchev–Trinajstić information content (AvgIpc) is 2.91. The third-order valence-electron chi connectivity index (χ3n) is 6.44. The smallest absolute Gasteiger partial charge is 0.264 e. The zero-order valence-electron chi connectivity index (χ0n) is 22.4. The first-order chi connectivity index (χ1) is 18.4. The van der Waals surface area contributed by atoms with Crippen LogP contribution < -0.4 is 9.62 Å². The van der Waals surface area contributed by atoms with Crippen molar-refractivity contribution in [3.8, 4) is 0 Å². The van der Waals surface area contributed by atoms with Gasteiger partial charge in [0.05, 0.1) is 10.6 Å². The average molecular weight is 619 g/mol. The van der Waals surface area contributed by atoms with Crippen molar-refractivity contribution in [1.29, 1.82) is 0 Å². The van der Waals surface area contributed by atoms with Crippen molar-refractivity contribution < 1.29 is 22.4 Å². The number of carbonyl (C=O) groups excluding carboxylic acids is 2. The Kier molecular flexibility index (Phi) is 10.3. The van der Waals surface area contributed by atoms with E-state index >= 15 is 0 Å². The number of carbonyl (C=O) groups is 2. The molecule has 7 nitrogen and oxygen atoms in total. The van der Waals surface area contributed by atoms with Crippen LogP contribution in [0.15, 0.2) is 82.2 Å². The zero-order valence-corrected chi connectivity index (χ0v) is 24.8. The summed E-state index contributed by atoms with van der Waals surface area (Å²) in [5.74, 6) is -1.46. The molecule has 0 saturated carbocycles. The van der Waals surface area contributed by atoms with Crippen molar-refractivity contribution >= 4 is 43.5 Å². The summed E-state index contributed by atoms with van der Waals surface area (Å²) in [5, 5.41) is 2.90. The van der Waals surface area contributed by atoms with Gasteiger partial charge in [-0.25, -0.2) is 12.8 Å². The zero-order chi connectivity index (χ0) is 28.7. The molecule has 39 heavy (non-hydrogen) atoms. The maximum atomic E-state index is 13.9. The highest BCUT2D eigenvalue weighted by molar-refractivity contribution is 9.10. The fraction of sp³-hybridized carbons (Fsp3) is 0.310. The standard InChI is InChI=1S/C29H33BrFN3O4S/c1-5-21(3)32-29(36)22(4)33(18-23-8-10-24(30)11-9-23)28(35)19-34(26-14-12-25(31)13-15-26)39(37,38)27-16-6-20(2)7-17-27/h6-17,21-22H,5,18-19H2,1-4H3,(H,32,36)/t21-,22-/m1/s1. The van der Waals surface area contributed by atoms with Gasteiger partial charge in [0.25, 0.3) is 10.0 Å². The predicted octanol–water partition coefficient (Wildman–Crippen LogP) is 5.42. The van der Waals surface area contributed by atoms with E-state index < -0.39 is 34.3 Å². The lowest BCUT2D eigenvalue weighted by Crippen LogP contribution is -2.52. The highest BCUT2D eigenvalue weighted by atomic mass is 79.9. The molecular formula is C29H33BrFN3O4S. The minimum atomic E-state index is -4.20. The number of nitrogens with zero attached hydrogens (tertiary/aromatic N) is 2. The molecule has 2 amide bonds. The van der Waals surface area contributed by atoms with Gasteiger partial charge in [-0.3, -0.25) is 13.9 Å². The van der Waals surface area contributed by atoms with Crippen LogP contribution in [-0.4, -0.2) is 43.8 Å². The molecule has 2 atom stereocenters. The Bertz CT molecular complexity index is 1380. The van der Waals surface area contributed by atoms with Gasteiger partial charge in [0.2, 0.25) is 11.8 Å². The molecule has 1 N–H and O–H groups in total. The van der Waals surface area contributed by atoms with Crippen molar-refractivity contribution in [2.75, 3.05) is 10.8 Å². The van der Waals surface area contributed by atoms with Gasteiger partial charge < -0.3 is 10.2 Å². The van der Waals surface area contributed by atoms with E-state index in [-0.39, 0.29) is 29.1 Å². The van der Waals surface area contributed by atoms with Crippen LogP contribution >= 0.6 is 15.9 Å². The second-order valence-corrected chi connectivity index (χ2v) is 12.2. The number of benzene rings is 3. The minimum Gasteiger partial charge on any atom is -0.352 e. The largest absolute Gasteiger partial charge is 0.352 e. The minimum absolute atomic E-state index is 0.00718. The van der Waals surface area contributed by atoms with E-state index in [2.05, 4.69) is 21.2 Å². The van der Waals surface area contributed by atoms with Crippen LogP contribution in [0, 0.1) is 12.7 Å². The van der Waals surface area contributed by atoms with E-state index in [4.69, 9.17) is 0 Å². The van der Waals surface area contributed by atoms with E-state index in [0.717, 1.165) is 32.0 Å². The molecule has 0 aliphatic rings. The Balaban J connectivity index is 2.01. The molecule has 0 aliphatic heterocycles. The van der Waals surface area contributed by atoms with Gasteiger partial charge >= 0.3 is 0 Å². The molecule has 3 aromatic carbocycles. The summed E-state index contributed by atoms with van der Waals surface area (Å²) in [6.45, 7) is 6.77. The quantitative estimate of drug-likeness (QED) is 0.311. The van der Waals surface area contributed by atoms with Gasteiger partial charge in [-0.1, -0.05) is 52.7 Å². The van der Waals surface area contributed by atoms with Crippen LogP contribution in [0.4, 0.5) is 10.1 Å². The molecule has 0 heterocycles. The molecule has 0 saturated heterocycles. The lowest BCUT2D eigenvalue weighted by Gasteiger charge is -2.32. The van der Waals surface area contributed by atoms with Gasteiger partial charge in [-0.05, 0) is 81.3 Å². The number of amides is 2. The first-order valence-electron chi connectivity index (χ1n) is 12.6. The summed E-state index contributed by atoms with van der Waals surface area (Å²) in [6.07, 6.45) is 0.715. The van der Waals surface area contributed by atoms with E-state index in [0.29, 0.717) is 6.42 Å².